The summed E-state index contributed by atoms with van der Waals surface area (Å²) < 4.78 is 1.41. The van der Waals surface area contributed by atoms with Crippen LogP contribution in [0.5, 0.6) is 5.75 Å². The van der Waals surface area contributed by atoms with E-state index >= 15 is 0 Å². The van der Waals surface area contributed by atoms with E-state index < -0.39 is 0 Å². The molecule has 0 heterocycles. The molecule has 0 aliphatic heterocycles. The lowest BCUT2D eigenvalue weighted by Gasteiger charge is -2.16. The van der Waals surface area contributed by atoms with Gasteiger partial charge in [-0.1, -0.05) is 48.5 Å². The summed E-state index contributed by atoms with van der Waals surface area (Å²) in [6.07, 6.45) is 0. The Morgan fingerprint density at radius 3 is 1.68 bits per heavy atom. The van der Waals surface area contributed by atoms with Crippen LogP contribution >= 0.6 is 31.9 Å². The zero-order valence-corrected chi connectivity index (χ0v) is 14.7. The van der Waals surface area contributed by atoms with Crippen LogP contribution in [0.15, 0.2) is 69.6 Å². The fourth-order valence-electron chi connectivity index (χ4n) is 3.27. The number of fused-ring (bicyclic) bond motifs is 3. The van der Waals surface area contributed by atoms with Crippen molar-refractivity contribution in [3.63, 3.8) is 0 Å². The van der Waals surface area contributed by atoms with Gasteiger partial charge in [-0.25, -0.2) is 0 Å². The SMILES string of the molecule is Oc1c(Br)cc(C2c3ccccc3-c3ccccc32)cc1Br. The van der Waals surface area contributed by atoms with Crippen LogP contribution in [-0.4, -0.2) is 5.11 Å². The normalized spacial score (nSPS) is 13.0. The maximum atomic E-state index is 9.97. The van der Waals surface area contributed by atoms with Crippen LogP contribution in [0.1, 0.15) is 22.6 Å². The summed E-state index contributed by atoms with van der Waals surface area (Å²) in [7, 11) is 0. The van der Waals surface area contributed by atoms with Gasteiger partial charge in [0.1, 0.15) is 5.75 Å². The highest BCUT2D eigenvalue weighted by Crippen LogP contribution is 2.49. The number of hydrogen-bond donors (Lipinski definition) is 1. The molecule has 0 fully saturated rings. The van der Waals surface area contributed by atoms with Crippen LogP contribution in [-0.2, 0) is 0 Å². The van der Waals surface area contributed by atoms with Crippen molar-refractivity contribution in [1.82, 2.24) is 0 Å². The molecule has 0 saturated carbocycles. The van der Waals surface area contributed by atoms with Gasteiger partial charge in [0, 0.05) is 5.92 Å². The van der Waals surface area contributed by atoms with E-state index in [9.17, 15) is 5.11 Å². The number of hydrogen-bond acceptors (Lipinski definition) is 1. The topological polar surface area (TPSA) is 20.2 Å². The summed E-state index contributed by atoms with van der Waals surface area (Å²) in [5.41, 5.74) is 6.38. The third-order valence-electron chi connectivity index (χ3n) is 4.21. The summed E-state index contributed by atoms with van der Waals surface area (Å²) in [6, 6.07) is 21.1. The Labute approximate surface area is 145 Å². The predicted octanol–water partition coefficient (Wildman–Crippen LogP) is 6.08. The molecule has 0 radical (unpaired) electrons. The molecule has 108 valence electrons. The van der Waals surface area contributed by atoms with Gasteiger partial charge in [0.25, 0.3) is 0 Å². The molecular weight excluding hydrogens is 404 g/mol. The average Bonchev–Trinajstić information content (AvgIpc) is 2.87. The van der Waals surface area contributed by atoms with E-state index in [-0.39, 0.29) is 11.7 Å². The van der Waals surface area contributed by atoms with E-state index in [1.165, 1.54) is 22.3 Å². The van der Waals surface area contributed by atoms with E-state index in [1.807, 2.05) is 12.1 Å². The minimum atomic E-state index is 0.195. The summed E-state index contributed by atoms with van der Waals surface area (Å²) in [5, 5.41) is 9.97. The number of aromatic hydroxyl groups is 1. The molecule has 0 spiro atoms. The first-order valence-corrected chi connectivity index (χ1v) is 8.61. The van der Waals surface area contributed by atoms with E-state index in [0.29, 0.717) is 8.95 Å². The first-order chi connectivity index (χ1) is 10.7. The van der Waals surface area contributed by atoms with Crippen LogP contribution < -0.4 is 0 Å². The summed E-state index contributed by atoms with van der Waals surface area (Å²) in [4.78, 5) is 0. The lowest BCUT2D eigenvalue weighted by molar-refractivity contribution is 0.468. The van der Waals surface area contributed by atoms with Crippen molar-refractivity contribution < 1.29 is 5.11 Å². The smallest absolute Gasteiger partial charge is 0.143 e. The second kappa shape index (κ2) is 5.25. The third kappa shape index (κ3) is 2.03. The van der Waals surface area contributed by atoms with Crippen molar-refractivity contribution in [3.05, 3.63) is 86.3 Å². The van der Waals surface area contributed by atoms with E-state index in [1.54, 1.807) is 0 Å². The van der Waals surface area contributed by atoms with Crippen LogP contribution in [0, 0.1) is 0 Å². The Morgan fingerprint density at radius 1 is 0.727 bits per heavy atom. The lowest BCUT2D eigenvalue weighted by atomic mass is 9.89. The molecular formula is C19H12Br2O. The number of rotatable bonds is 1. The molecule has 0 bridgehead atoms. The standard InChI is InChI=1S/C19H12Br2O/c20-16-9-11(10-17(21)19(16)22)18-14-7-3-1-5-12(14)13-6-2-4-8-15(13)18/h1-10,18,22H. The largest absolute Gasteiger partial charge is 0.506 e. The van der Waals surface area contributed by atoms with Crippen molar-refractivity contribution in [3.8, 4) is 16.9 Å². The van der Waals surface area contributed by atoms with Crippen LogP contribution in [0.2, 0.25) is 0 Å². The minimum Gasteiger partial charge on any atom is -0.506 e. The molecule has 0 saturated heterocycles. The Bertz CT molecular complexity index is 818. The molecule has 3 heteroatoms. The zero-order chi connectivity index (χ0) is 15.3. The van der Waals surface area contributed by atoms with Gasteiger partial charge in [0.05, 0.1) is 8.95 Å². The summed E-state index contributed by atoms with van der Waals surface area (Å²) in [5.74, 6) is 0.434. The van der Waals surface area contributed by atoms with Crippen LogP contribution in [0.4, 0.5) is 0 Å². The number of phenols is 1. The Balaban J connectivity index is 2.00. The lowest BCUT2D eigenvalue weighted by Crippen LogP contribution is -1.99. The molecule has 1 N–H and O–H groups in total. The zero-order valence-electron chi connectivity index (χ0n) is 11.6. The second-order valence-electron chi connectivity index (χ2n) is 5.44. The maximum absolute atomic E-state index is 9.97. The summed E-state index contributed by atoms with van der Waals surface area (Å²) >= 11 is 6.89. The van der Waals surface area contributed by atoms with Crippen molar-refractivity contribution in [2.45, 2.75) is 5.92 Å². The molecule has 0 unspecified atom stereocenters. The van der Waals surface area contributed by atoms with Crippen molar-refractivity contribution in [1.29, 1.82) is 0 Å². The third-order valence-corrected chi connectivity index (χ3v) is 5.42. The van der Waals surface area contributed by atoms with Crippen molar-refractivity contribution in [2.24, 2.45) is 0 Å². The maximum Gasteiger partial charge on any atom is 0.143 e. The van der Waals surface area contributed by atoms with Gasteiger partial charge in [0.2, 0.25) is 0 Å². The molecule has 0 amide bonds. The molecule has 1 aliphatic rings. The van der Waals surface area contributed by atoms with Gasteiger partial charge in [0.15, 0.2) is 0 Å². The van der Waals surface area contributed by atoms with Gasteiger partial charge in [-0.15, -0.1) is 0 Å². The highest BCUT2D eigenvalue weighted by atomic mass is 79.9. The monoisotopic (exact) mass is 414 g/mol. The van der Waals surface area contributed by atoms with Crippen LogP contribution in [0.25, 0.3) is 11.1 Å². The summed E-state index contributed by atoms with van der Waals surface area (Å²) in [6.45, 7) is 0. The van der Waals surface area contributed by atoms with Gasteiger partial charge < -0.3 is 5.11 Å². The van der Waals surface area contributed by atoms with E-state index in [2.05, 4.69) is 80.4 Å². The number of phenolic OH excluding ortho intramolecular Hbond substituents is 1. The predicted molar refractivity (Wildman–Crippen MR) is 96.3 cm³/mol. The van der Waals surface area contributed by atoms with Crippen molar-refractivity contribution in [2.75, 3.05) is 0 Å². The van der Waals surface area contributed by atoms with Gasteiger partial charge in [-0.05, 0) is 71.8 Å². The Kier molecular flexibility index (Phi) is 3.35. The molecule has 22 heavy (non-hydrogen) atoms. The van der Waals surface area contributed by atoms with Crippen molar-refractivity contribution >= 4 is 31.9 Å². The van der Waals surface area contributed by atoms with Gasteiger partial charge in [-0.2, -0.15) is 0 Å². The van der Waals surface area contributed by atoms with E-state index in [4.69, 9.17) is 0 Å². The molecule has 3 aromatic rings. The molecule has 0 aromatic heterocycles. The minimum absolute atomic E-state index is 0.195. The molecule has 0 atom stereocenters. The average molecular weight is 416 g/mol. The first kappa shape index (κ1) is 14.0. The van der Waals surface area contributed by atoms with Gasteiger partial charge >= 0.3 is 0 Å². The number of halogens is 2. The Hall–Kier alpha value is -1.58. The first-order valence-electron chi connectivity index (χ1n) is 7.03. The van der Waals surface area contributed by atoms with Crippen LogP contribution in [0.3, 0.4) is 0 Å². The molecule has 4 rings (SSSR count). The quantitative estimate of drug-likeness (QED) is 0.399. The molecule has 1 aliphatic carbocycles. The van der Waals surface area contributed by atoms with Gasteiger partial charge in [-0.3, -0.25) is 0 Å². The second-order valence-corrected chi connectivity index (χ2v) is 7.15. The van der Waals surface area contributed by atoms with E-state index in [0.717, 1.165) is 5.56 Å². The number of benzene rings is 3. The molecule has 1 nitrogen and oxygen atoms in total. The fourth-order valence-corrected chi connectivity index (χ4v) is 4.49. The highest BCUT2D eigenvalue weighted by Gasteiger charge is 2.29. The highest BCUT2D eigenvalue weighted by molar-refractivity contribution is 9.11. The fraction of sp³-hybridized carbons (Fsp3) is 0.0526. The Morgan fingerprint density at radius 2 is 1.18 bits per heavy atom. The molecule has 3 aromatic carbocycles.